The summed E-state index contributed by atoms with van der Waals surface area (Å²) in [6, 6.07) is 87.0. The highest BCUT2D eigenvalue weighted by Gasteiger charge is 2.51. The number of rotatable bonds is 5. The standard InChI is InChI=1S/C70H45NO2/c1-69(2)55-24-11-6-19-47(55)51-37-33-44(39-59(51)69)65-67-53-23-10-15-29-62(53)72-64(67)41-54-66-61(28-16-30-63(66)73-68(54)65)71(45-34-31-43(32-35-45)42-17-4-3-5-18-42)46-36-38-52-50-22-9-14-27-58(50)70(60(52)40-46)56-25-12-7-20-48(56)49-21-8-13-26-57(49)70/h3-41H,1-2H3. The third-order valence-corrected chi connectivity index (χ3v) is 16.7. The molecule has 0 radical (unpaired) electrons. The lowest BCUT2D eigenvalue weighted by Crippen LogP contribution is -2.26. The molecule has 3 nitrogen and oxygen atoms in total. The van der Waals surface area contributed by atoms with Crippen LogP contribution in [0.4, 0.5) is 17.1 Å². The highest BCUT2D eigenvalue weighted by Crippen LogP contribution is 2.64. The van der Waals surface area contributed by atoms with Crippen molar-refractivity contribution in [1.29, 1.82) is 0 Å². The molecule has 3 heteroatoms. The first-order valence-electron chi connectivity index (χ1n) is 25.4. The minimum Gasteiger partial charge on any atom is -0.456 e. The van der Waals surface area contributed by atoms with Gasteiger partial charge in [-0.2, -0.15) is 0 Å². The Kier molecular flexibility index (Phi) is 8.16. The molecule has 0 amide bonds. The van der Waals surface area contributed by atoms with E-state index in [1.54, 1.807) is 0 Å². The van der Waals surface area contributed by atoms with E-state index in [1.165, 1.54) is 72.3 Å². The molecule has 0 saturated carbocycles. The van der Waals surface area contributed by atoms with Crippen molar-refractivity contribution in [3.05, 3.63) is 270 Å². The fraction of sp³-hybridized carbons (Fsp3) is 0.0571. The molecule has 0 N–H and O–H groups in total. The number of para-hydroxylation sites is 1. The first-order chi connectivity index (χ1) is 36.0. The van der Waals surface area contributed by atoms with E-state index in [0.29, 0.717) is 0 Å². The lowest BCUT2D eigenvalue weighted by atomic mass is 9.70. The van der Waals surface area contributed by atoms with Crippen LogP contribution in [0.25, 0.3) is 99.5 Å². The lowest BCUT2D eigenvalue weighted by Gasteiger charge is -2.32. The molecule has 3 aliphatic carbocycles. The minimum absolute atomic E-state index is 0.177. The molecule has 0 unspecified atom stereocenters. The minimum atomic E-state index is -0.500. The Morgan fingerprint density at radius 3 is 1.58 bits per heavy atom. The molecule has 0 aliphatic heterocycles. The van der Waals surface area contributed by atoms with Gasteiger partial charge in [-0.1, -0.05) is 196 Å². The number of fused-ring (bicyclic) bond motifs is 19. The molecular formula is C70H45NO2. The van der Waals surface area contributed by atoms with Crippen molar-refractivity contribution < 1.29 is 8.83 Å². The van der Waals surface area contributed by atoms with Gasteiger partial charge in [-0.3, -0.25) is 0 Å². The highest BCUT2D eigenvalue weighted by molar-refractivity contribution is 6.25. The molecule has 3 aliphatic rings. The predicted molar refractivity (Wildman–Crippen MR) is 300 cm³/mol. The van der Waals surface area contributed by atoms with Crippen LogP contribution in [0.3, 0.4) is 0 Å². The van der Waals surface area contributed by atoms with Crippen LogP contribution in [0, 0.1) is 0 Å². The summed E-state index contributed by atoms with van der Waals surface area (Å²) in [5, 5.41) is 4.16. The van der Waals surface area contributed by atoms with Crippen LogP contribution in [0.2, 0.25) is 0 Å². The Morgan fingerprint density at radius 1 is 0.329 bits per heavy atom. The van der Waals surface area contributed by atoms with Gasteiger partial charge in [-0.25, -0.2) is 0 Å². The summed E-state index contributed by atoms with van der Waals surface area (Å²) in [5.41, 5.74) is 25.9. The molecule has 2 aromatic heterocycles. The van der Waals surface area contributed by atoms with Gasteiger partial charge in [0, 0.05) is 38.5 Å². The average Bonchev–Trinajstić information content (AvgIpc) is 4.23. The smallest absolute Gasteiger partial charge is 0.144 e. The molecule has 342 valence electrons. The lowest BCUT2D eigenvalue weighted by molar-refractivity contribution is 0.660. The molecule has 16 rings (SSSR count). The van der Waals surface area contributed by atoms with Gasteiger partial charge in [-0.15, -0.1) is 0 Å². The quantitative estimate of drug-likeness (QED) is 0.172. The summed E-state index contributed by atoms with van der Waals surface area (Å²) in [4.78, 5) is 2.45. The summed E-state index contributed by atoms with van der Waals surface area (Å²) in [7, 11) is 0. The third kappa shape index (κ3) is 5.38. The van der Waals surface area contributed by atoms with E-state index < -0.39 is 5.41 Å². The van der Waals surface area contributed by atoms with Gasteiger partial charge in [0.15, 0.2) is 0 Å². The molecule has 2 heterocycles. The molecule has 73 heavy (non-hydrogen) atoms. The number of furan rings is 2. The van der Waals surface area contributed by atoms with Crippen molar-refractivity contribution in [2.24, 2.45) is 0 Å². The number of nitrogens with zero attached hydrogens (tertiary/aromatic N) is 1. The first-order valence-corrected chi connectivity index (χ1v) is 25.4. The summed E-state index contributed by atoms with van der Waals surface area (Å²) in [6.07, 6.45) is 0. The van der Waals surface area contributed by atoms with Gasteiger partial charge in [0.25, 0.3) is 0 Å². The Morgan fingerprint density at radius 2 is 0.863 bits per heavy atom. The second kappa shape index (κ2) is 14.7. The van der Waals surface area contributed by atoms with Gasteiger partial charge in [0.1, 0.15) is 22.3 Å². The number of hydrogen-bond acceptors (Lipinski definition) is 3. The molecule has 0 atom stereocenters. The van der Waals surface area contributed by atoms with Gasteiger partial charge < -0.3 is 13.7 Å². The average molecular weight is 932 g/mol. The molecular weight excluding hydrogens is 887 g/mol. The van der Waals surface area contributed by atoms with Crippen molar-refractivity contribution in [3.8, 4) is 55.6 Å². The third-order valence-electron chi connectivity index (χ3n) is 16.7. The van der Waals surface area contributed by atoms with Crippen LogP contribution in [0.15, 0.2) is 245 Å². The van der Waals surface area contributed by atoms with Crippen LogP contribution in [-0.2, 0) is 10.8 Å². The number of anilines is 3. The Bertz CT molecular complexity index is 4410. The van der Waals surface area contributed by atoms with Crippen LogP contribution >= 0.6 is 0 Å². The predicted octanol–water partition coefficient (Wildman–Crippen LogP) is 18.9. The van der Waals surface area contributed by atoms with E-state index in [-0.39, 0.29) is 5.41 Å². The second-order valence-corrected chi connectivity index (χ2v) is 20.6. The largest absolute Gasteiger partial charge is 0.456 e. The summed E-state index contributed by atoms with van der Waals surface area (Å²) in [5.74, 6) is 0. The Hall–Kier alpha value is -9.18. The first kappa shape index (κ1) is 40.5. The normalized spacial score (nSPS) is 14.1. The fourth-order valence-corrected chi connectivity index (χ4v) is 13.5. The van der Waals surface area contributed by atoms with Gasteiger partial charge in [-0.05, 0) is 138 Å². The molecule has 11 aromatic carbocycles. The second-order valence-electron chi connectivity index (χ2n) is 20.6. The van der Waals surface area contributed by atoms with E-state index in [0.717, 1.165) is 77.6 Å². The maximum Gasteiger partial charge on any atom is 0.144 e. The van der Waals surface area contributed by atoms with Gasteiger partial charge >= 0.3 is 0 Å². The van der Waals surface area contributed by atoms with Crippen LogP contribution in [0.1, 0.15) is 47.2 Å². The topological polar surface area (TPSA) is 29.5 Å². The monoisotopic (exact) mass is 931 g/mol. The molecule has 0 fully saturated rings. The van der Waals surface area contributed by atoms with E-state index >= 15 is 0 Å². The Labute approximate surface area is 422 Å². The highest BCUT2D eigenvalue weighted by atomic mass is 16.3. The van der Waals surface area contributed by atoms with Gasteiger partial charge in [0.05, 0.1) is 16.5 Å². The van der Waals surface area contributed by atoms with E-state index in [4.69, 9.17) is 8.83 Å². The van der Waals surface area contributed by atoms with Crippen LogP contribution in [0.5, 0.6) is 0 Å². The number of hydrogen-bond donors (Lipinski definition) is 0. The van der Waals surface area contributed by atoms with Crippen molar-refractivity contribution >= 4 is 60.9 Å². The maximum absolute atomic E-state index is 7.34. The van der Waals surface area contributed by atoms with Crippen molar-refractivity contribution in [2.75, 3.05) is 4.90 Å². The van der Waals surface area contributed by atoms with Crippen molar-refractivity contribution in [2.45, 2.75) is 24.7 Å². The maximum atomic E-state index is 7.34. The van der Waals surface area contributed by atoms with E-state index in [2.05, 4.69) is 255 Å². The summed E-state index contributed by atoms with van der Waals surface area (Å²) < 4.78 is 14.2. The molecule has 13 aromatic rings. The zero-order valence-corrected chi connectivity index (χ0v) is 40.3. The zero-order chi connectivity index (χ0) is 48.2. The molecule has 0 saturated heterocycles. The van der Waals surface area contributed by atoms with Gasteiger partial charge in [0.2, 0.25) is 0 Å². The van der Waals surface area contributed by atoms with E-state index in [9.17, 15) is 0 Å². The van der Waals surface area contributed by atoms with Crippen molar-refractivity contribution in [1.82, 2.24) is 0 Å². The zero-order valence-electron chi connectivity index (χ0n) is 40.3. The molecule has 1 spiro atoms. The Balaban J connectivity index is 0.973. The summed E-state index contributed by atoms with van der Waals surface area (Å²) >= 11 is 0. The van der Waals surface area contributed by atoms with Crippen LogP contribution < -0.4 is 4.90 Å². The number of benzene rings is 11. The SMILES string of the molecule is CC1(C)c2ccccc2-c2ccc(-c3c4oc5cccc(N(c6ccc(-c7ccccc7)cc6)c6ccc7c(c6)C6(c8ccccc8-c8ccccc86)c6ccccc6-7)c5c4cc4oc5ccccc5c34)cc21. The molecule has 0 bridgehead atoms. The summed E-state index contributed by atoms with van der Waals surface area (Å²) in [6.45, 7) is 4.70. The fourth-order valence-electron chi connectivity index (χ4n) is 13.5. The van der Waals surface area contributed by atoms with Crippen molar-refractivity contribution in [3.63, 3.8) is 0 Å². The van der Waals surface area contributed by atoms with E-state index in [1.807, 2.05) is 0 Å². The van der Waals surface area contributed by atoms with Crippen LogP contribution in [-0.4, -0.2) is 0 Å².